The largest absolute Gasteiger partial charge is 0.493 e. The van der Waals surface area contributed by atoms with Gasteiger partial charge >= 0.3 is 6.03 Å². The first-order valence-electron chi connectivity index (χ1n) is 11.4. The number of carbonyl (C=O) groups excluding carboxylic acids is 1. The minimum absolute atomic E-state index is 0.0607. The smallest absolute Gasteiger partial charge is 0.317 e. The first kappa shape index (κ1) is 21.8. The number of aromatic nitrogens is 2. The Kier molecular flexibility index (Phi) is 6.08. The number of para-hydroxylation sites is 2. The summed E-state index contributed by atoms with van der Waals surface area (Å²) >= 11 is 0. The lowest BCUT2D eigenvalue weighted by atomic mass is 9.99. The molecule has 3 aromatic carbocycles. The molecule has 4 aromatic rings. The number of urea groups is 1. The Morgan fingerprint density at radius 3 is 2.44 bits per heavy atom. The Hall–Kier alpha value is -4.00. The van der Waals surface area contributed by atoms with E-state index in [1.807, 2.05) is 41.6 Å². The van der Waals surface area contributed by atoms with E-state index in [-0.39, 0.29) is 6.03 Å². The lowest BCUT2D eigenvalue weighted by Gasteiger charge is -2.29. The van der Waals surface area contributed by atoms with Crippen LogP contribution in [0.2, 0.25) is 0 Å². The normalized spacial score (nSPS) is 12.9. The maximum Gasteiger partial charge on any atom is 0.317 e. The van der Waals surface area contributed by atoms with Crippen molar-refractivity contribution in [3.8, 4) is 11.5 Å². The van der Waals surface area contributed by atoms with E-state index in [1.165, 1.54) is 11.1 Å². The van der Waals surface area contributed by atoms with Crippen molar-refractivity contribution in [1.82, 2.24) is 19.8 Å². The summed E-state index contributed by atoms with van der Waals surface area (Å²) in [6, 6.07) is 20.4. The second-order valence-electron chi connectivity index (χ2n) is 8.48. The number of imidazole rings is 1. The molecule has 7 nitrogen and oxygen atoms in total. The monoisotopic (exact) mass is 456 g/mol. The average molecular weight is 457 g/mol. The number of nitrogens with one attached hydrogen (secondary N) is 1. The van der Waals surface area contributed by atoms with E-state index < -0.39 is 0 Å². The molecule has 0 spiro atoms. The van der Waals surface area contributed by atoms with E-state index >= 15 is 0 Å². The molecular weight excluding hydrogens is 428 g/mol. The summed E-state index contributed by atoms with van der Waals surface area (Å²) in [6.45, 7) is 2.47. The van der Waals surface area contributed by atoms with E-state index in [9.17, 15) is 4.79 Å². The van der Waals surface area contributed by atoms with Crippen LogP contribution in [0.1, 0.15) is 22.3 Å². The second kappa shape index (κ2) is 9.47. The first-order chi connectivity index (χ1) is 16.6. The highest BCUT2D eigenvalue weighted by molar-refractivity contribution is 5.75. The van der Waals surface area contributed by atoms with Crippen LogP contribution in [0, 0.1) is 0 Å². The van der Waals surface area contributed by atoms with Crippen LogP contribution >= 0.6 is 0 Å². The van der Waals surface area contributed by atoms with E-state index in [0.717, 1.165) is 40.9 Å². The zero-order valence-electron chi connectivity index (χ0n) is 19.5. The Morgan fingerprint density at radius 1 is 0.971 bits per heavy atom. The number of rotatable bonds is 6. The average Bonchev–Trinajstić information content (AvgIpc) is 3.29. The molecule has 2 heterocycles. The number of fused-ring (bicyclic) bond motifs is 2. The molecule has 0 unspecified atom stereocenters. The summed E-state index contributed by atoms with van der Waals surface area (Å²) < 4.78 is 13.0. The minimum atomic E-state index is -0.0607. The van der Waals surface area contributed by atoms with E-state index in [1.54, 1.807) is 14.2 Å². The van der Waals surface area contributed by atoms with Crippen LogP contribution < -0.4 is 14.8 Å². The van der Waals surface area contributed by atoms with Gasteiger partial charge in [-0.15, -0.1) is 0 Å². The van der Waals surface area contributed by atoms with Crippen molar-refractivity contribution < 1.29 is 14.3 Å². The molecular formula is C27H28N4O3. The molecule has 0 bridgehead atoms. The molecule has 0 atom stereocenters. The summed E-state index contributed by atoms with van der Waals surface area (Å²) in [5.74, 6) is 1.41. The summed E-state index contributed by atoms with van der Waals surface area (Å²) in [7, 11) is 3.26. The molecule has 0 saturated heterocycles. The summed E-state index contributed by atoms with van der Waals surface area (Å²) in [4.78, 5) is 19.1. The van der Waals surface area contributed by atoms with Gasteiger partial charge < -0.3 is 24.3 Å². The van der Waals surface area contributed by atoms with E-state index in [0.29, 0.717) is 25.4 Å². The van der Waals surface area contributed by atoms with Crippen molar-refractivity contribution in [2.45, 2.75) is 26.1 Å². The molecule has 1 N–H and O–H groups in total. The Morgan fingerprint density at radius 2 is 1.68 bits per heavy atom. The second-order valence-corrected chi connectivity index (χ2v) is 8.48. The number of ether oxygens (including phenoxy) is 2. The fourth-order valence-electron chi connectivity index (χ4n) is 4.44. The van der Waals surface area contributed by atoms with Crippen molar-refractivity contribution in [2.75, 3.05) is 20.8 Å². The molecule has 5 rings (SSSR count). The van der Waals surface area contributed by atoms with Crippen LogP contribution in [0.5, 0.6) is 11.5 Å². The number of hydrogen-bond acceptors (Lipinski definition) is 4. The van der Waals surface area contributed by atoms with Crippen molar-refractivity contribution in [3.63, 3.8) is 0 Å². The summed E-state index contributed by atoms with van der Waals surface area (Å²) in [6.07, 6.45) is 2.67. The molecule has 0 saturated carbocycles. The molecule has 174 valence electrons. The fourth-order valence-corrected chi connectivity index (χ4v) is 4.44. The van der Waals surface area contributed by atoms with Crippen molar-refractivity contribution in [2.24, 2.45) is 0 Å². The van der Waals surface area contributed by atoms with Gasteiger partial charge in [-0.05, 0) is 52.9 Å². The predicted molar refractivity (Wildman–Crippen MR) is 131 cm³/mol. The molecule has 1 aromatic heterocycles. The maximum absolute atomic E-state index is 12.8. The number of carbonyl (C=O) groups is 1. The van der Waals surface area contributed by atoms with Crippen LogP contribution in [0.3, 0.4) is 0 Å². The van der Waals surface area contributed by atoms with Gasteiger partial charge in [0.2, 0.25) is 0 Å². The minimum Gasteiger partial charge on any atom is -0.493 e. The standard InChI is InChI=1S/C27H28N4O3/c1-33-25-13-21-11-12-30(17-22(21)14-26(25)34-2)27(32)28-15-19-7-9-20(10-8-19)16-31-18-29-23-5-3-4-6-24(23)31/h3-10,13-14,18H,11-12,15-17H2,1-2H3,(H,28,32). The Balaban J connectivity index is 1.18. The SMILES string of the molecule is COc1cc2c(cc1OC)CN(C(=O)NCc1ccc(Cn3cnc4ccccc43)cc1)CC2. The van der Waals surface area contributed by atoms with Crippen molar-refractivity contribution >= 4 is 17.1 Å². The summed E-state index contributed by atoms with van der Waals surface area (Å²) in [5.41, 5.74) is 6.67. The van der Waals surface area contributed by atoms with Crippen molar-refractivity contribution in [1.29, 1.82) is 0 Å². The molecule has 7 heteroatoms. The molecule has 1 aliphatic rings. The number of hydrogen-bond donors (Lipinski definition) is 1. The number of nitrogens with zero attached hydrogens (tertiary/aromatic N) is 3. The lowest BCUT2D eigenvalue weighted by molar-refractivity contribution is 0.191. The lowest BCUT2D eigenvalue weighted by Crippen LogP contribution is -2.42. The molecule has 1 aliphatic heterocycles. The third kappa shape index (κ3) is 4.41. The Labute approximate surface area is 198 Å². The number of amides is 2. The van der Waals surface area contributed by atoms with E-state index in [2.05, 4.69) is 45.2 Å². The van der Waals surface area contributed by atoms with E-state index in [4.69, 9.17) is 9.47 Å². The highest BCUT2D eigenvalue weighted by atomic mass is 16.5. The van der Waals surface area contributed by atoms with Gasteiger partial charge in [-0.1, -0.05) is 36.4 Å². The van der Waals surface area contributed by atoms with Gasteiger partial charge in [-0.25, -0.2) is 9.78 Å². The van der Waals surface area contributed by atoms with Crippen molar-refractivity contribution in [3.05, 3.63) is 89.2 Å². The number of methoxy groups -OCH3 is 2. The Bertz CT molecular complexity index is 1310. The zero-order valence-corrected chi connectivity index (χ0v) is 19.5. The van der Waals surface area contributed by atoms with Gasteiger partial charge in [0.15, 0.2) is 11.5 Å². The van der Waals surface area contributed by atoms with Gasteiger partial charge in [0.05, 0.1) is 31.6 Å². The number of benzene rings is 3. The fraction of sp³-hybridized carbons (Fsp3) is 0.259. The van der Waals surface area contributed by atoms with Crippen LogP contribution in [0.25, 0.3) is 11.0 Å². The van der Waals surface area contributed by atoms with Crippen LogP contribution in [-0.4, -0.2) is 41.2 Å². The van der Waals surface area contributed by atoms with Crippen LogP contribution in [-0.2, 0) is 26.1 Å². The topological polar surface area (TPSA) is 68.6 Å². The molecule has 0 radical (unpaired) electrons. The van der Waals surface area contributed by atoms with Crippen LogP contribution in [0.15, 0.2) is 67.0 Å². The van der Waals surface area contributed by atoms with Gasteiger partial charge in [0.1, 0.15) is 0 Å². The quantitative estimate of drug-likeness (QED) is 0.468. The highest BCUT2D eigenvalue weighted by Gasteiger charge is 2.22. The zero-order chi connectivity index (χ0) is 23.5. The third-order valence-corrected chi connectivity index (χ3v) is 6.35. The van der Waals surface area contributed by atoms with Gasteiger partial charge in [-0.2, -0.15) is 0 Å². The maximum atomic E-state index is 12.8. The van der Waals surface area contributed by atoms with Crippen LogP contribution in [0.4, 0.5) is 4.79 Å². The molecule has 34 heavy (non-hydrogen) atoms. The summed E-state index contributed by atoms with van der Waals surface area (Å²) in [5, 5.41) is 3.06. The third-order valence-electron chi connectivity index (χ3n) is 6.35. The highest BCUT2D eigenvalue weighted by Crippen LogP contribution is 2.33. The predicted octanol–water partition coefficient (Wildman–Crippen LogP) is 4.37. The molecule has 2 amide bonds. The molecule has 0 aliphatic carbocycles. The van der Waals surface area contributed by atoms with Gasteiger partial charge in [-0.3, -0.25) is 0 Å². The van der Waals surface area contributed by atoms with Gasteiger partial charge in [0.25, 0.3) is 0 Å². The van der Waals surface area contributed by atoms with Gasteiger partial charge in [0, 0.05) is 26.2 Å². The molecule has 0 fully saturated rings. The first-order valence-corrected chi connectivity index (χ1v) is 11.4.